The third-order valence-electron chi connectivity index (χ3n) is 12.7. The predicted molar refractivity (Wildman–Crippen MR) is 182 cm³/mol. The Bertz CT molecular complexity index is 2080. The Balaban J connectivity index is 0.981. The number of aliphatic hydroxyl groups is 2. The van der Waals surface area contributed by atoms with Gasteiger partial charge in [-0.2, -0.15) is 5.10 Å². The number of ketones is 1. The topological polar surface area (TPSA) is 122 Å². The number of rotatable bonds is 5. The van der Waals surface area contributed by atoms with Gasteiger partial charge in [0.15, 0.2) is 10.9 Å². The number of aryl methyl sites for hydroxylation is 1. The molecule has 3 saturated carbocycles. The summed E-state index contributed by atoms with van der Waals surface area (Å²) in [5.74, 6) is 1.17. The van der Waals surface area contributed by atoms with Gasteiger partial charge in [-0.25, -0.2) is 14.6 Å². The maximum atomic E-state index is 14.0. The molecular weight excluding hydrogens is 609 g/mol. The summed E-state index contributed by atoms with van der Waals surface area (Å²) in [5, 5.41) is 29.9. The molecule has 0 bridgehead atoms. The van der Waals surface area contributed by atoms with Gasteiger partial charge in [-0.15, -0.1) is 0 Å². The van der Waals surface area contributed by atoms with E-state index in [1.165, 1.54) is 17.3 Å². The van der Waals surface area contributed by atoms with Gasteiger partial charge < -0.3 is 19.8 Å². The minimum Gasteiger partial charge on any atom is -0.393 e. The van der Waals surface area contributed by atoms with E-state index in [1.807, 2.05) is 71.0 Å². The third kappa shape index (κ3) is 4.04. The number of aliphatic hydroxyl groups excluding tert-OH is 1. The molecular formula is C37H40N6O3S. The van der Waals surface area contributed by atoms with Crippen molar-refractivity contribution in [2.24, 2.45) is 35.6 Å². The Labute approximate surface area is 277 Å². The van der Waals surface area contributed by atoms with Gasteiger partial charge in [0.1, 0.15) is 5.60 Å². The number of aromatic nitrogens is 6. The number of nitrogens with one attached hydrogen (secondary N) is 1. The first kappa shape index (κ1) is 29.4. The summed E-state index contributed by atoms with van der Waals surface area (Å²) in [6.45, 7) is 4.40. The number of nitrogens with zero attached hydrogens (tertiary/aromatic N) is 5. The monoisotopic (exact) mass is 648 g/mol. The summed E-state index contributed by atoms with van der Waals surface area (Å²) in [6.07, 6.45) is 7.97. The highest BCUT2D eigenvalue weighted by Crippen LogP contribution is 2.67. The molecule has 0 spiro atoms. The zero-order valence-corrected chi connectivity index (χ0v) is 27.8. The fourth-order valence-electron chi connectivity index (χ4n) is 10.4. The minimum absolute atomic E-state index is 0.0510. The summed E-state index contributed by atoms with van der Waals surface area (Å²) < 4.78 is 3.92. The average molecular weight is 649 g/mol. The Morgan fingerprint density at radius 1 is 1.09 bits per heavy atom. The van der Waals surface area contributed by atoms with Gasteiger partial charge >= 0.3 is 0 Å². The van der Waals surface area contributed by atoms with Gasteiger partial charge in [-0.1, -0.05) is 55.4 Å². The molecule has 242 valence electrons. The molecule has 3 fully saturated rings. The maximum absolute atomic E-state index is 14.0. The number of benzene rings is 2. The SMILES string of the molecule is Cn1c(SCC(=O)[C@@]2(O)CCC3C4CCC5=Cc6c(cnn6-c6nc7ccccc7[nH]6)CC5(C)C4C(O)CC32C)nc2ccccc21. The van der Waals surface area contributed by atoms with Crippen molar-refractivity contribution in [1.29, 1.82) is 0 Å². The van der Waals surface area contributed by atoms with Crippen molar-refractivity contribution >= 4 is 45.7 Å². The quantitative estimate of drug-likeness (QED) is 0.204. The van der Waals surface area contributed by atoms with Crippen LogP contribution >= 0.6 is 11.8 Å². The van der Waals surface area contributed by atoms with Crippen LogP contribution in [-0.4, -0.2) is 62.8 Å². The molecule has 2 aromatic carbocycles. The molecule has 0 aliphatic heterocycles. The molecule has 10 heteroatoms. The number of carbonyl (C=O) groups excluding carboxylic acids is 1. The second-order valence-electron chi connectivity index (χ2n) is 14.9. The van der Waals surface area contributed by atoms with Crippen molar-refractivity contribution in [2.75, 3.05) is 5.75 Å². The number of aromatic amines is 1. The Morgan fingerprint density at radius 3 is 2.68 bits per heavy atom. The van der Waals surface area contributed by atoms with Gasteiger partial charge in [0.25, 0.3) is 0 Å². The number of para-hydroxylation sites is 4. The zero-order valence-electron chi connectivity index (χ0n) is 27.0. The van der Waals surface area contributed by atoms with Crippen LogP contribution in [-0.2, 0) is 18.3 Å². The minimum atomic E-state index is -1.47. The number of H-pyrrole nitrogens is 1. The molecule has 47 heavy (non-hydrogen) atoms. The van der Waals surface area contributed by atoms with Gasteiger partial charge in [0.05, 0.1) is 45.8 Å². The molecule has 4 aliphatic carbocycles. The van der Waals surface area contributed by atoms with Crippen LogP contribution in [0.4, 0.5) is 0 Å². The normalized spacial score (nSPS) is 32.9. The molecule has 0 saturated heterocycles. The van der Waals surface area contributed by atoms with E-state index >= 15 is 0 Å². The maximum Gasteiger partial charge on any atom is 0.229 e. The predicted octanol–water partition coefficient (Wildman–Crippen LogP) is 5.88. The lowest BCUT2D eigenvalue weighted by molar-refractivity contribution is -0.177. The van der Waals surface area contributed by atoms with Crippen LogP contribution in [0.3, 0.4) is 0 Å². The first-order chi connectivity index (χ1) is 22.6. The van der Waals surface area contributed by atoms with Crippen LogP contribution in [0.25, 0.3) is 34.1 Å². The van der Waals surface area contributed by atoms with Crippen molar-refractivity contribution in [3.05, 3.63) is 71.6 Å². The fourth-order valence-corrected chi connectivity index (χ4v) is 11.3. The second-order valence-corrected chi connectivity index (χ2v) is 15.8. The molecule has 0 amide bonds. The summed E-state index contributed by atoms with van der Waals surface area (Å²) in [5.41, 5.74) is 5.02. The van der Waals surface area contributed by atoms with Crippen LogP contribution in [0, 0.1) is 28.6 Å². The summed E-state index contributed by atoms with van der Waals surface area (Å²) in [7, 11) is 1.96. The summed E-state index contributed by atoms with van der Waals surface area (Å²) >= 11 is 1.39. The molecule has 5 aromatic rings. The smallest absolute Gasteiger partial charge is 0.229 e. The van der Waals surface area contributed by atoms with Gasteiger partial charge in [-0.05, 0) is 97.6 Å². The van der Waals surface area contributed by atoms with Crippen molar-refractivity contribution in [1.82, 2.24) is 29.3 Å². The first-order valence-corrected chi connectivity index (χ1v) is 17.8. The van der Waals surface area contributed by atoms with Crippen LogP contribution in [0.15, 0.2) is 65.5 Å². The van der Waals surface area contributed by atoms with Crippen molar-refractivity contribution < 1.29 is 15.0 Å². The van der Waals surface area contributed by atoms with Gasteiger partial charge in [-0.3, -0.25) is 4.79 Å². The number of hydrogen-bond donors (Lipinski definition) is 3. The molecule has 3 heterocycles. The Morgan fingerprint density at radius 2 is 1.87 bits per heavy atom. The van der Waals surface area contributed by atoms with E-state index in [0.29, 0.717) is 18.8 Å². The standard InChI is InChI=1S/C37H40N6O3S/c1-35-17-21-19-38-43(33-39-25-8-4-5-9-26(25)40-33)29(21)16-22(35)12-13-23-24-14-15-37(46,36(24,2)18-30(44)32(23)35)31(45)20-47-34-41-27-10-6-7-11-28(27)42(34)3/h4-11,16,19,23-24,30,32,44,46H,12-15,17-18,20H2,1-3H3,(H,39,40)/t23?,24?,30?,32?,35?,36?,37-/m0/s1. The van der Waals surface area contributed by atoms with Crippen LogP contribution < -0.4 is 0 Å². The van der Waals surface area contributed by atoms with Crippen LogP contribution in [0.1, 0.15) is 57.2 Å². The second kappa shape index (κ2) is 10.1. The number of fused-ring (bicyclic) bond motifs is 8. The van der Waals surface area contributed by atoms with E-state index < -0.39 is 17.1 Å². The Hall–Kier alpha value is -3.73. The molecule has 7 atom stereocenters. The Kier molecular flexibility index (Phi) is 6.34. The average Bonchev–Trinajstić information content (AvgIpc) is 3.81. The van der Waals surface area contributed by atoms with Crippen LogP contribution in [0.5, 0.6) is 0 Å². The molecule has 9 nitrogen and oxygen atoms in total. The molecule has 3 aromatic heterocycles. The number of hydrogen-bond acceptors (Lipinski definition) is 7. The number of Topliss-reactive ketones (excluding diaryl/α,β-unsaturated/α-hetero) is 1. The molecule has 6 unspecified atom stereocenters. The van der Waals surface area contributed by atoms with E-state index in [1.54, 1.807) is 0 Å². The van der Waals surface area contributed by atoms with Crippen molar-refractivity contribution in [2.45, 2.75) is 69.2 Å². The first-order valence-electron chi connectivity index (χ1n) is 16.8. The van der Waals surface area contributed by atoms with Gasteiger partial charge in [0.2, 0.25) is 5.95 Å². The largest absolute Gasteiger partial charge is 0.393 e. The lowest BCUT2D eigenvalue weighted by atomic mass is 9.45. The number of imidazole rings is 2. The van der Waals surface area contributed by atoms with Crippen molar-refractivity contribution in [3.8, 4) is 5.95 Å². The number of carbonyl (C=O) groups is 1. The number of thioether (sulfide) groups is 1. The number of allylic oxidation sites excluding steroid dienone is 1. The lowest BCUT2D eigenvalue weighted by Gasteiger charge is -2.60. The summed E-state index contributed by atoms with van der Waals surface area (Å²) in [6, 6.07) is 16.0. The molecule has 9 rings (SSSR count). The lowest BCUT2D eigenvalue weighted by Crippen LogP contribution is -2.62. The van der Waals surface area contributed by atoms with E-state index in [-0.39, 0.29) is 34.7 Å². The highest BCUT2D eigenvalue weighted by atomic mass is 32.2. The zero-order chi connectivity index (χ0) is 32.3. The summed E-state index contributed by atoms with van der Waals surface area (Å²) in [4.78, 5) is 26.9. The van der Waals surface area contributed by atoms with Crippen molar-refractivity contribution in [3.63, 3.8) is 0 Å². The highest BCUT2D eigenvalue weighted by molar-refractivity contribution is 7.99. The fraction of sp³-hybridized carbons (Fsp3) is 0.459. The van der Waals surface area contributed by atoms with E-state index in [2.05, 4.69) is 24.9 Å². The van der Waals surface area contributed by atoms with E-state index in [9.17, 15) is 15.0 Å². The van der Waals surface area contributed by atoms with Crippen LogP contribution in [0.2, 0.25) is 0 Å². The highest BCUT2D eigenvalue weighted by Gasteiger charge is 2.68. The molecule has 4 aliphatic rings. The van der Waals surface area contributed by atoms with Gasteiger partial charge in [0, 0.05) is 12.5 Å². The van der Waals surface area contributed by atoms with E-state index in [0.717, 1.165) is 64.2 Å². The molecule has 3 N–H and O–H groups in total. The molecule has 0 radical (unpaired) electrons. The van der Waals surface area contributed by atoms with E-state index in [4.69, 9.17) is 15.1 Å². The third-order valence-corrected chi connectivity index (χ3v) is 13.7.